The average Bonchev–Trinajstić information content (AvgIpc) is 2.79. The maximum atomic E-state index is 13.1. The summed E-state index contributed by atoms with van der Waals surface area (Å²) in [4.78, 5) is 38.8. The molecule has 0 fully saturated rings. The molecular weight excluding hydrogens is 336 g/mol. The van der Waals surface area contributed by atoms with E-state index in [4.69, 9.17) is 9.47 Å². The summed E-state index contributed by atoms with van der Waals surface area (Å²) in [5.74, 6) is -0.219. The van der Waals surface area contributed by atoms with Gasteiger partial charge in [-0.2, -0.15) is 0 Å². The molecule has 148 valence electrons. The zero-order chi connectivity index (χ0) is 20.1. The summed E-state index contributed by atoms with van der Waals surface area (Å²) in [6.07, 6.45) is 2.48. The third-order valence-electron chi connectivity index (χ3n) is 3.87. The van der Waals surface area contributed by atoms with Crippen molar-refractivity contribution in [3.63, 3.8) is 0 Å². The summed E-state index contributed by atoms with van der Waals surface area (Å²) in [6.45, 7) is 11.1. The van der Waals surface area contributed by atoms with Gasteiger partial charge in [-0.1, -0.05) is 27.2 Å². The van der Waals surface area contributed by atoms with Crippen molar-refractivity contribution in [1.82, 2.24) is 10.2 Å². The number of alkyl carbamates (subject to hydrolysis) is 1. The molecule has 0 spiro atoms. The molecule has 1 heterocycles. The number of ether oxygens (including phenoxy) is 2. The second kappa shape index (κ2) is 9.05. The minimum atomic E-state index is -0.835. The molecule has 0 saturated carbocycles. The van der Waals surface area contributed by atoms with Crippen molar-refractivity contribution in [2.45, 2.75) is 78.5 Å². The zero-order valence-corrected chi connectivity index (χ0v) is 16.9. The second-order valence-electron chi connectivity index (χ2n) is 7.93. The Morgan fingerprint density at radius 2 is 1.92 bits per heavy atom. The Bertz CT molecular complexity index is 563. The van der Waals surface area contributed by atoms with Crippen molar-refractivity contribution >= 4 is 17.9 Å². The summed E-state index contributed by atoms with van der Waals surface area (Å²) in [7, 11) is 1.49. The van der Waals surface area contributed by atoms with E-state index in [1.165, 1.54) is 18.1 Å². The van der Waals surface area contributed by atoms with Crippen LogP contribution in [0.2, 0.25) is 0 Å². The molecule has 0 radical (unpaired) electrons. The first kappa shape index (κ1) is 22.0. The Kier molecular flexibility index (Phi) is 7.66. The van der Waals surface area contributed by atoms with Gasteiger partial charge in [-0.3, -0.25) is 14.5 Å². The molecule has 7 nitrogen and oxygen atoms in total. The maximum Gasteiger partial charge on any atom is 0.408 e. The lowest BCUT2D eigenvalue weighted by molar-refractivity contribution is -0.145. The predicted molar refractivity (Wildman–Crippen MR) is 98.3 cm³/mol. The fourth-order valence-electron chi connectivity index (χ4n) is 2.88. The van der Waals surface area contributed by atoms with Gasteiger partial charge in [0.15, 0.2) is 0 Å². The van der Waals surface area contributed by atoms with E-state index in [-0.39, 0.29) is 5.92 Å². The van der Waals surface area contributed by atoms with Gasteiger partial charge >= 0.3 is 6.09 Å². The van der Waals surface area contributed by atoms with Gasteiger partial charge in [0.25, 0.3) is 11.8 Å². The van der Waals surface area contributed by atoms with Crippen LogP contribution in [-0.2, 0) is 19.1 Å². The van der Waals surface area contributed by atoms with Crippen LogP contribution in [0.25, 0.3) is 0 Å². The van der Waals surface area contributed by atoms with Crippen molar-refractivity contribution in [3.8, 4) is 0 Å². The fraction of sp³-hybridized carbons (Fsp3) is 0.737. The molecule has 2 atom stereocenters. The van der Waals surface area contributed by atoms with Crippen molar-refractivity contribution in [2.75, 3.05) is 7.11 Å². The highest BCUT2D eigenvalue weighted by Gasteiger charge is 2.41. The topological polar surface area (TPSA) is 84.9 Å². The smallest absolute Gasteiger partial charge is 0.408 e. The standard InChI is InChI=1S/C19H32N2O5/c1-8-9-14-15(25-7)11-16(22)21(14)17(23)13(10-12(2)3)20-18(24)26-19(4,5)6/h11-14H,8-10H2,1-7H3,(H,20,24)/t13-,14-/m1/s1. The number of nitrogens with one attached hydrogen (secondary N) is 1. The van der Waals surface area contributed by atoms with Crippen LogP contribution in [0.4, 0.5) is 4.79 Å². The summed E-state index contributed by atoms with van der Waals surface area (Å²) in [5, 5.41) is 2.63. The molecule has 1 rings (SSSR count). The Morgan fingerprint density at radius 3 is 2.38 bits per heavy atom. The maximum absolute atomic E-state index is 13.1. The van der Waals surface area contributed by atoms with E-state index in [1.54, 1.807) is 20.8 Å². The molecule has 0 unspecified atom stereocenters. The zero-order valence-electron chi connectivity index (χ0n) is 16.9. The minimum Gasteiger partial charge on any atom is -0.499 e. The van der Waals surface area contributed by atoms with Crippen LogP contribution in [0.3, 0.4) is 0 Å². The largest absolute Gasteiger partial charge is 0.499 e. The SMILES string of the molecule is CCC[C@@H]1C(OC)=CC(=O)N1C(=O)[C@@H](CC(C)C)NC(=O)OC(C)(C)C. The summed E-state index contributed by atoms with van der Waals surface area (Å²) >= 11 is 0. The first-order chi connectivity index (χ1) is 12.0. The van der Waals surface area contributed by atoms with E-state index in [0.29, 0.717) is 18.6 Å². The van der Waals surface area contributed by atoms with E-state index >= 15 is 0 Å². The number of hydrogen-bond donors (Lipinski definition) is 1. The first-order valence-electron chi connectivity index (χ1n) is 9.12. The molecule has 0 bridgehead atoms. The number of hydrogen-bond acceptors (Lipinski definition) is 5. The van der Waals surface area contributed by atoms with E-state index in [1.807, 2.05) is 20.8 Å². The summed E-state index contributed by atoms with van der Waals surface area (Å²) in [6, 6.07) is -1.27. The van der Waals surface area contributed by atoms with Crippen LogP contribution in [0, 0.1) is 5.92 Å². The molecule has 0 aromatic rings. The molecule has 1 aliphatic rings. The van der Waals surface area contributed by atoms with Gasteiger partial charge in [-0.25, -0.2) is 4.79 Å². The highest BCUT2D eigenvalue weighted by Crippen LogP contribution is 2.26. The normalized spacial score (nSPS) is 18.6. The Balaban J connectivity index is 3.00. The lowest BCUT2D eigenvalue weighted by atomic mass is 10.0. The number of imide groups is 1. The van der Waals surface area contributed by atoms with Crippen LogP contribution in [0.5, 0.6) is 0 Å². The van der Waals surface area contributed by atoms with Crippen molar-refractivity contribution in [3.05, 3.63) is 11.8 Å². The van der Waals surface area contributed by atoms with Crippen molar-refractivity contribution < 1.29 is 23.9 Å². The van der Waals surface area contributed by atoms with Crippen LogP contribution in [-0.4, -0.2) is 47.6 Å². The van der Waals surface area contributed by atoms with Crippen LogP contribution >= 0.6 is 0 Å². The van der Waals surface area contributed by atoms with Gasteiger partial charge in [0.05, 0.1) is 13.2 Å². The first-order valence-corrected chi connectivity index (χ1v) is 9.12. The fourth-order valence-corrected chi connectivity index (χ4v) is 2.88. The van der Waals surface area contributed by atoms with Gasteiger partial charge in [0, 0.05) is 6.08 Å². The van der Waals surface area contributed by atoms with E-state index in [9.17, 15) is 14.4 Å². The average molecular weight is 368 g/mol. The highest BCUT2D eigenvalue weighted by molar-refractivity contribution is 6.06. The van der Waals surface area contributed by atoms with Crippen LogP contribution in [0.15, 0.2) is 11.8 Å². The minimum absolute atomic E-state index is 0.149. The van der Waals surface area contributed by atoms with E-state index in [2.05, 4.69) is 5.32 Å². The monoisotopic (exact) mass is 368 g/mol. The molecular formula is C19H32N2O5. The number of amides is 3. The molecule has 0 saturated heterocycles. The quantitative estimate of drug-likeness (QED) is 0.747. The Labute approximate surface area is 156 Å². The number of carbonyl (C=O) groups excluding carboxylic acids is 3. The molecule has 7 heteroatoms. The summed E-state index contributed by atoms with van der Waals surface area (Å²) < 4.78 is 10.5. The van der Waals surface area contributed by atoms with Gasteiger partial charge in [-0.15, -0.1) is 0 Å². The Morgan fingerprint density at radius 1 is 1.31 bits per heavy atom. The van der Waals surface area contributed by atoms with Gasteiger partial charge < -0.3 is 14.8 Å². The van der Waals surface area contributed by atoms with Crippen molar-refractivity contribution in [1.29, 1.82) is 0 Å². The molecule has 1 N–H and O–H groups in total. The van der Waals surface area contributed by atoms with E-state index < -0.39 is 35.6 Å². The van der Waals surface area contributed by atoms with Crippen molar-refractivity contribution in [2.24, 2.45) is 5.92 Å². The lowest BCUT2D eigenvalue weighted by Crippen LogP contribution is -2.53. The summed E-state index contributed by atoms with van der Waals surface area (Å²) in [5.41, 5.74) is -0.672. The van der Waals surface area contributed by atoms with Crippen LogP contribution in [0.1, 0.15) is 60.8 Å². The van der Waals surface area contributed by atoms with Crippen LogP contribution < -0.4 is 5.32 Å². The predicted octanol–water partition coefficient (Wildman–Crippen LogP) is 2.99. The Hall–Kier alpha value is -2.05. The number of carbonyl (C=O) groups is 3. The third kappa shape index (κ3) is 6.04. The molecule has 0 aromatic carbocycles. The van der Waals surface area contributed by atoms with Gasteiger partial charge in [-0.05, 0) is 39.5 Å². The lowest BCUT2D eigenvalue weighted by Gasteiger charge is -2.30. The molecule has 0 aliphatic carbocycles. The molecule has 26 heavy (non-hydrogen) atoms. The molecule has 3 amide bonds. The van der Waals surface area contributed by atoms with E-state index in [0.717, 1.165) is 6.42 Å². The molecule has 0 aromatic heterocycles. The number of nitrogens with zero attached hydrogens (tertiary/aromatic N) is 1. The second-order valence-corrected chi connectivity index (χ2v) is 7.93. The third-order valence-corrected chi connectivity index (χ3v) is 3.87. The number of methoxy groups -OCH3 is 1. The van der Waals surface area contributed by atoms with Gasteiger partial charge in [0.2, 0.25) is 0 Å². The molecule has 1 aliphatic heterocycles. The van der Waals surface area contributed by atoms with Gasteiger partial charge in [0.1, 0.15) is 17.4 Å². The number of rotatable bonds is 7. The highest BCUT2D eigenvalue weighted by atomic mass is 16.6.